The first-order valence-corrected chi connectivity index (χ1v) is 5.68. The van der Waals surface area contributed by atoms with Crippen molar-refractivity contribution in [3.05, 3.63) is 47.8 Å². The molecule has 0 aliphatic heterocycles. The molecule has 88 valence electrons. The lowest BCUT2D eigenvalue weighted by molar-refractivity contribution is 0.630. The van der Waals surface area contributed by atoms with E-state index in [0.717, 1.165) is 17.9 Å². The first-order valence-electron chi connectivity index (χ1n) is 5.68. The predicted octanol–water partition coefficient (Wildman–Crippen LogP) is 3.63. The van der Waals surface area contributed by atoms with Gasteiger partial charge in [-0.2, -0.15) is 0 Å². The van der Waals surface area contributed by atoms with Gasteiger partial charge in [0.15, 0.2) is 0 Å². The minimum Gasteiger partial charge on any atom is -0.370 e. The number of aromatic nitrogens is 1. The molecule has 0 amide bonds. The molecule has 1 heterocycles. The van der Waals surface area contributed by atoms with Crippen molar-refractivity contribution < 1.29 is 4.39 Å². The van der Waals surface area contributed by atoms with E-state index in [4.69, 9.17) is 0 Å². The van der Waals surface area contributed by atoms with E-state index in [0.29, 0.717) is 11.3 Å². The number of halogens is 1. The molecule has 0 unspecified atom stereocenters. The number of aryl methyl sites for hydroxylation is 1. The van der Waals surface area contributed by atoms with Crippen molar-refractivity contribution in [3.8, 4) is 11.3 Å². The summed E-state index contributed by atoms with van der Waals surface area (Å²) in [5.41, 5.74) is 2.23. The number of benzene rings is 1. The summed E-state index contributed by atoms with van der Waals surface area (Å²) in [5.74, 6) is 0.530. The van der Waals surface area contributed by atoms with E-state index in [1.54, 1.807) is 6.07 Å². The number of rotatable bonds is 3. The summed E-state index contributed by atoms with van der Waals surface area (Å²) in [6.45, 7) is 4.74. The maximum absolute atomic E-state index is 13.7. The molecule has 17 heavy (non-hydrogen) atoms. The summed E-state index contributed by atoms with van der Waals surface area (Å²) in [5, 5.41) is 3.12. The van der Waals surface area contributed by atoms with Crippen LogP contribution in [0.15, 0.2) is 36.4 Å². The van der Waals surface area contributed by atoms with Crippen molar-refractivity contribution in [3.63, 3.8) is 0 Å². The van der Waals surface area contributed by atoms with Crippen molar-refractivity contribution in [1.29, 1.82) is 0 Å². The van der Waals surface area contributed by atoms with Crippen LogP contribution in [-0.2, 0) is 0 Å². The SMILES string of the molecule is CCNc1cccc(-c2cc(C)ccc2F)n1. The molecule has 0 spiro atoms. The van der Waals surface area contributed by atoms with Crippen LogP contribution >= 0.6 is 0 Å². The van der Waals surface area contributed by atoms with Gasteiger partial charge in [0.25, 0.3) is 0 Å². The van der Waals surface area contributed by atoms with E-state index in [1.807, 2.05) is 38.1 Å². The van der Waals surface area contributed by atoms with Gasteiger partial charge in [-0.15, -0.1) is 0 Å². The Hall–Kier alpha value is -1.90. The summed E-state index contributed by atoms with van der Waals surface area (Å²) in [6.07, 6.45) is 0. The Labute approximate surface area is 101 Å². The van der Waals surface area contributed by atoms with Crippen molar-refractivity contribution in [2.24, 2.45) is 0 Å². The first kappa shape index (κ1) is 11.6. The second-order valence-corrected chi connectivity index (χ2v) is 3.92. The van der Waals surface area contributed by atoms with Crippen LogP contribution in [0.25, 0.3) is 11.3 Å². The zero-order valence-corrected chi connectivity index (χ0v) is 10.00. The quantitative estimate of drug-likeness (QED) is 0.871. The summed E-state index contributed by atoms with van der Waals surface area (Å²) in [7, 11) is 0. The predicted molar refractivity (Wildman–Crippen MR) is 68.5 cm³/mol. The molecule has 2 nitrogen and oxygen atoms in total. The Morgan fingerprint density at radius 3 is 2.82 bits per heavy atom. The highest BCUT2D eigenvalue weighted by atomic mass is 19.1. The lowest BCUT2D eigenvalue weighted by atomic mass is 10.1. The van der Waals surface area contributed by atoms with Gasteiger partial charge in [-0.05, 0) is 38.1 Å². The molecule has 0 aliphatic rings. The molecule has 0 bridgehead atoms. The fraction of sp³-hybridized carbons (Fsp3) is 0.214. The minimum absolute atomic E-state index is 0.239. The van der Waals surface area contributed by atoms with E-state index in [-0.39, 0.29) is 5.82 Å². The molecule has 2 rings (SSSR count). The van der Waals surface area contributed by atoms with E-state index >= 15 is 0 Å². The van der Waals surface area contributed by atoms with Crippen LogP contribution in [-0.4, -0.2) is 11.5 Å². The third-order valence-electron chi connectivity index (χ3n) is 2.50. The normalized spacial score (nSPS) is 10.3. The van der Waals surface area contributed by atoms with Crippen molar-refractivity contribution in [2.45, 2.75) is 13.8 Å². The fourth-order valence-electron chi connectivity index (χ4n) is 1.70. The first-order chi connectivity index (χ1) is 8.20. The summed E-state index contributed by atoms with van der Waals surface area (Å²) in [4.78, 5) is 4.38. The average Bonchev–Trinajstić information content (AvgIpc) is 2.33. The number of hydrogen-bond donors (Lipinski definition) is 1. The molecule has 0 saturated carbocycles. The molecule has 1 aromatic carbocycles. The van der Waals surface area contributed by atoms with Crippen LogP contribution in [0.2, 0.25) is 0 Å². The molecule has 0 fully saturated rings. The van der Waals surface area contributed by atoms with Gasteiger partial charge in [-0.3, -0.25) is 0 Å². The van der Waals surface area contributed by atoms with Gasteiger partial charge < -0.3 is 5.32 Å². The summed E-state index contributed by atoms with van der Waals surface area (Å²) < 4.78 is 13.7. The largest absolute Gasteiger partial charge is 0.370 e. The zero-order valence-electron chi connectivity index (χ0n) is 10.00. The van der Waals surface area contributed by atoms with E-state index < -0.39 is 0 Å². The standard InChI is InChI=1S/C14H15FN2/c1-3-16-14-6-4-5-13(17-14)11-9-10(2)7-8-12(11)15/h4-9H,3H2,1-2H3,(H,16,17). The minimum atomic E-state index is -0.239. The maximum Gasteiger partial charge on any atom is 0.132 e. The highest BCUT2D eigenvalue weighted by Gasteiger charge is 2.07. The Morgan fingerprint density at radius 2 is 2.06 bits per heavy atom. The third kappa shape index (κ3) is 2.61. The zero-order chi connectivity index (χ0) is 12.3. The van der Waals surface area contributed by atoms with Gasteiger partial charge in [0.05, 0.1) is 5.69 Å². The second-order valence-electron chi connectivity index (χ2n) is 3.92. The van der Waals surface area contributed by atoms with Crippen LogP contribution < -0.4 is 5.32 Å². The monoisotopic (exact) mass is 230 g/mol. The maximum atomic E-state index is 13.7. The van der Waals surface area contributed by atoms with Crippen LogP contribution in [0.5, 0.6) is 0 Å². The molecular weight excluding hydrogens is 215 g/mol. The van der Waals surface area contributed by atoms with Gasteiger partial charge in [0, 0.05) is 12.1 Å². The van der Waals surface area contributed by atoms with Gasteiger partial charge in [0.1, 0.15) is 11.6 Å². The molecule has 1 N–H and O–H groups in total. The van der Waals surface area contributed by atoms with Crippen LogP contribution in [0.4, 0.5) is 10.2 Å². The van der Waals surface area contributed by atoms with E-state index in [2.05, 4.69) is 10.3 Å². The van der Waals surface area contributed by atoms with Crippen molar-refractivity contribution in [2.75, 3.05) is 11.9 Å². The molecule has 0 atom stereocenters. The number of nitrogens with zero attached hydrogens (tertiary/aromatic N) is 1. The molecule has 3 heteroatoms. The van der Waals surface area contributed by atoms with Crippen LogP contribution in [0.3, 0.4) is 0 Å². The number of anilines is 1. The number of pyridine rings is 1. The molecular formula is C14H15FN2. The topological polar surface area (TPSA) is 24.9 Å². The number of hydrogen-bond acceptors (Lipinski definition) is 2. The molecule has 0 radical (unpaired) electrons. The Balaban J connectivity index is 2.45. The lowest BCUT2D eigenvalue weighted by Gasteiger charge is -2.07. The van der Waals surface area contributed by atoms with Crippen molar-refractivity contribution in [1.82, 2.24) is 4.98 Å². The number of nitrogens with one attached hydrogen (secondary N) is 1. The van der Waals surface area contributed by atoms with Gasteiger partial charge in [0.2, 0.25) is 0 Å². The molecule has 1 aromatic heterocycles. The van der Waals surface area contributed by atoms with Crippen LogP contribution in [0, 0.1) is 12.7 Å². The molecule has 0 aliphatic carbocycles. The Morgan fingerprint density at radius 1 is 1.24 bits per heavy atom. The van der Waals surface area contributed by atoms with Gasteiger partial charge in [-0.25, -0.2) is 9.37 Å². The summed E-state index contributed by atoms with van der Waals surface area (Å²) >= 11 is 0. The molecule has 0 saturated heterocycles. The molecule has 2 aromatic rings. The fourth-order valence-corrected chi connectivity index (χ4v) is 1.70. The highest BCUT2D eigenvalue weighted by Crippen LogP contribution is 2.23. The second kappa shape index (κ2) is 4.95. The average molecular weight is 230 g/mol. The summed E-state index contributed by atoms with van der Waals surface area (Å²) in [6, 6.07) is 10.6. The Bertz CT molecular complexity index is 523. The van der Waals surface area contributed by atoms with Crippen molar-refractivity contribution >= 4 is 5.82 Å². The Kier molecular flexibility index (Phi) is 3.38. The van der Waals surface area contributed by atoms with Gasteiger partial charge >= 0.3 is 0 Å². The van der Waals surface area contributed by atoms with Crippen LogP contribution in [0.1, 0.15) is 12.5 Å². The van der Waals surface area contributed by atoms with Gasteiger partial charge in [-0.1, -0.05) is 17.7 Å². The third-order valence-corrected chi connectivity index (χ3v) is 2.50. The lowest BCUT2D eigenvalue weighted by Crippen LogP contribution is -2.00. The van der Waals surface area contributed by atoms with E-state index in [1.165, 1.54) is 6.07 Å². The smallest absolute Gasteiger partial charge is 0.132 e. The van der Waals surface area contributed by atoms with E-state index in [9.17, 15) is 4.39 Å². The highest BCUT2D eigenvalue weighted by molar-refractivity contribution is 5.62.